The van der Waals surface area contributed by atoms with E-state index in [0.717, 1.165) is 48.3 Å². The Kier molecular flexibility index (Phi) is 4.82. The summed E-state index contributed by atoms with van der Waals surface area (Å²) in [6, 6.07) is 17.8. The third-order valence-corrected chi connectivity index (χ3v) is 5.76. The Balaban J connectivity index is 1.46. The molecule has 3 heterocycles. The molecule has 0 N–H and O–H groups in total. The van der Waals surface area contributed by atoms with Gasteiger partial charge in [-0.05, 0) is 48.1 Å². The molecule has 150 valence electrons. The summed E-state index contributed by atoms with van der Waals surface area (Å²) in [6.07, 6.45) is 2.87. The maximum Gasteiger partial charge on any atom is 0.351 e. The molecule has 2 aliphatic rings. The fourth-order valence-corrected chi connectivity index (χ4v) is 4.15. The zero-order valence-electron chi connectivity index (χ0n) is 16.5. The Hall–Kier alpha value is -3.43. The van der Waals surface area contributed by atoms with Crippen LogP contribution in [0, 0.1) is 11.3 Å². The van der Waals surface area contributed by atoms with Crippen molar-refractivity contribution in [2.24, 2.45) is 0 Å². The van der Waals surface area contributed by atoms with Crippen LogP contribution in [-0.2, 0) is 17.7 Å². The number of rotatable bonds is 4. The second kappa shape index (κ2) is 7.77. The van der Waals surface area contributed by atoms with Gasteiger partial charge in [-0.1, -0.05) is 30.3 Å². The van der Waals surface area contributed by atoms with Gasteiger partial charge in [-0.2, -0.15) is 10.2 Å². The van der Waals surface area contributed by atoms with Gasteiger partial charge in [-0.25, -0.2) is 4.79 Å². The topological polar surface area (TPSA) is 77.1 Å². The summed E-state index contributed by atoms with van der Waals surface area (Å²) in [7, 11) is 0. The summed E-state index contributed by atoms with van der Waals surface area (Å²) in [5.74, 6) is 0.353. The summed E-state index contributed by atoms with van der Waals surface area (Å²) >= 11 is 0. The summed E-state index contributed by atoms with van der Waals surface area (Å²) in [4.78, 5) is 16.7. The van der Waals surface area contributed by atoms with Gasteiger partial charge in [0.05, 0.1) is 23.4 Å². The van der Waals surface area contributed by atoms with Gasteiger partial charge in [0.25, 0.3) is 0 Å². The van der Waals surface area contributed by atoms with Crippen LogP contribution in [0.1, 0.15) is 24.0 Å². The van der Waals surface area contributed by atoms with Crippen molar-refractivity contribution < 1.29 is 9.47 Å². The number of benzene rings is 2. The summed E-state index contributed by atoms with van der Waals surface area (Å²) < 4.78 is 13.1. The molecular weight excluding hydrogens is 378 g/mol. The first-order valence-corrected chi connectivity index (χ1v) is 10.2. The van der Waals surface area contributed by atoms with Gasteiger partial charge in [0.15, 0.2) is 0 Å². The molecule has 6 heteroatoms. The van der Waals surface area contributed by atoms with Crippen molar-refractivity contribution in [3.8, 4) is 34.3 Å². The third kappa shape index (κ3) is 3.49. The van der Waals surface area contributed by atoms with Crippen molar-refractivity contribution in [3.63, 3.8) is 0 Å². The highest BCUT2D eigenvalue weighted by Crippen LogP contribution is 2.33. The lowest BCUT2D eigenvalue weighted by Gasteiger charge is -2.22. The smallest absolute Gasteiger partial charge is 0.351 e. The molecule has 1 aromatic heterocycles. The molecule has 0 saturated carbocycles. The molecule has 0 spiro atoms. The van der Waals surface area contributed by atoms with Crippen molar-refractivity contribution in [1.29, 1.82) is 5.26 Å². The van der Waals surface area contributed by atoms with E-state index in [2.05, 4.69) is 23.2 Å². The van der Waals surface area contributed by atoms with Gasteiger partial charge < -0.3 is 9.47 Å². The number of nitriles is 1. The normalized spacial score (nSPS) is 17.1. The minimum Gasteiger partial charge on any atom is -0.475 e. The standard InChI is InChI=1S/C24H21N3O3/c25-14-16-3-5-17(6-4-16)18-7-8-21-19(12-18)9-10-27-22(21)13-23(26-24(27)28)30-15-20-2-1-11-29-20/h3-8,12-13,20H,1-2,9-11,15H2. The van der Waals surface area contributed by atoms with E-state index in [9.17, 15) is 4.79 Å². The number of hydrogen-bond donors (Lipinski definition) is 0. The van der Waals surface area contributed by atoms with Crippen LogP contribution in [-0.4, -0.2) is 28.9 Å². The molecule has 2 aromatic carbocycles. The Bertz CT molecular complexity index is 1190. The molecule has 1 saturated heterocycles. The van der Waals surface area contributed by atoms with Crippen molar-refractivity contribution >= 4 is 0 Å². The zero-order chi connectivity index (χ0) is 20.5. The van der Waals surface area contributed by atoms with Crippen LogP contribution in [0.4, 0.5) is 0 Å². The zero-order valence-corrected chi connectivity index (χ0v) is 16.5. The van der Waals surface area contributed by atoms with Crippen LogP contribution in [0.2, 0.25) is 0 Å². The van der Waals surface area contributed by atoms with Crippen molar-refractivity contribution in [2.75, 3.05) is 13.2 Å². The Morgan fingerprint density at radius 3 is 2.77 bits per heavy atom. The van der Waals surface area contributed by atoms with E-state index in [1.807, 2.05) is 36.4 Å². The molecular formula is C24H21N3O3. The summed E-state index contributed by atoms with van der Waals surface area (Å²) in [5.41, 5.74) is 5.58. The first kappa shape index (κ1) is 18.6. The predicted octanol–water partition coefficient (Wildman–Crippen LogP) is 3.56. The molecule has 30 heavy (non-hydrogen) atoms. The first-order chi connectivity index (χ1) is 14.7. The molecule has 2 aliphatic heterocycles. The van der Waals surface area contributed by atoms with E-state index in [0.29, 0.717) is 24.6 Å². The maximum absolute atomic E-state index is 12.6. The van der Waals surface area contributed by atoms with Crippen LogP contribution in [0.3, 0.4) is 0 Å². The number of ether oxygens (including phenoxy) is 2. The quantitative estimate of drug-likeness (QED) is 0.670. The van der Waals surface area contributed by atoms with E-state index >= 15 is 0 Å². The lowest BCUT2D eigenvalue weighted by atomic mass is 9.93. The second-order valence-corrected chi connectivity index (χ2v) is 7.67. The molecule has 6 nitrogen and oxygen atoms in total. The van der Waals surface area contributed by atoms with Crippen LogP contribution in [0.5, 0.6) is 5.88 Å². The van der Waals surface area contributed by atoms with E-state index < -0.39 is 0 Å². The van der Waals surface area contributed by atoms with Crippen LogP contribution in [0.15, 0.2) is 53.3 Å². The Labute approximate surface area is 174 Å². The molecule has 1 unspecified atom stereocenters. The predicted molar refractivity (Wildman–Crippen MR) is 112 cm³/mol. The van der Waals surface area contributed by atoms with E-state index in [4.69, 9.17) is 14.7 Å². The minimum atomic E-state index is -0.281. The lowest BCUT2D eigenvalue weighted by molar-refractivity contribution is 0.0661. The molecule has 0 amide bonds. The fraction of sp³-hybridized carbons (Fsp3) is 0.292. The van der Waals surface area contributed by atoms with E-state index in [1.165, 1.54) is 5.56 Å². The van der Waals surface area contributed by atoms with E-state index in [1.54, 1.807) is 4.57 Å². The highest BCUT2D eigenvalue weighted by Gasteiger charge is 2.21. The monoisotopic (exact) mass is 399 g/mol. The molecule has 0 bridgehead atoms. The number of nitrogens with zero attached hydrogens (tertiary/aromatic N) is 3. The fourth-order valence-electron chi connectivity index (χ4n) is 4.15. The van der Waals surface area contributed by atoms with Gasteiger partial charge in [0.2, 0.25) is 5.88 Å². The van der Waals surface area contributed by atoms with Crippen LogP contribution < -0.4 is 10.4 Å². The molecule has 0 aliphatic carbocycles. The second-order valence-electron chi connectivity index (χ2n) is 7.67. The van der Waals surface area contributed by atoms with Gasteiger partial charge in [0, 0.05) is 24.8 Å². The average molecular weight is 399 g/mol. The number of hydrogen-bond acceptors (Lipinski definition) is 5. The summed E-state index contributed by atoms with van der Waals surface area (Å²) in [6.45, 7) is 1.78. The van der Waals surface area contributed by atoms with Gasteiger partial charge in [-0.15, -0.1) is 0 Å². The molecule has 1 atom stereocenters. The van der Waals surface area contributed by atoms with Crippen LogP contribution >= 0.6 is 0 Å². The average Bonchev–Trinajstić information content (AvgIpc) is 3.31. The number of aryl methyl sites for hydroxylation is 1. The van der Waals surface area contributed by atoms with Gasteiger partial charge >= 0.3 is 5.69 Å². The Morgan fingerprint density at radius 1 is 1.17 bits per heavy atom. The lowest BCUT2D eigenvalue weighted by Crippen LogP contribution is -2.29. The van der Waals surface area contributed by atoms with Crippen molar-refractivity contribution in [2.45, 2.75) is 31.9 Å². The van der Waals surface area contributed by atoms with E-state index in [-0.39, 0.29) is 11.8 Å². The van der Waals surface area contributed by atoms with Gasteiger partial charge in [0.1, 0.15) is 6.61 Å². The number of fused-ring (bicyclic) bond motifs is 3. The first-order valence-electron chi connectivity index (χ1n) is 10.2. The number of aromatic nitrogens is 2. The Morgan fingerprint density at radius 2 is 2.00 bits per heavy atom. The van der Waals surface area contributed by atoms with Crippen molar-refractivity contribution in [3.05, 3.63) is 70.1 Å². The highest BCUT2D eigenvalue weighted by atomic mass is 16.5. The van der Waals surface area contributed by atoms with Gasteiger partial charge in [-0.3, -0.25) is 4.57 Å². The molecule has 5 rings (SSSR count). The maximum atomic E-state index is 12.6. The largest absolute Gasteiger partial charge is 0.475 e. The van der Waals surface area contributed by atoms with Crippen molar-refractivity contribution in [1.82, 2.24) is 9.55 Å². The highest BCUT2D eigenvalue weighted by molar-refractivity contribution is 5.73. The SMILES string of the molecule is N#Cc1ccc(-c2ccc3c(c2)CCn2c-3cc(OCC3CCCO3)nc2=O)cc1. The minimum absolute atomic E-state index is 0.0767. The molecule has 0 radical (unpaired) electrons. The molecule has 1 fully saturated rings. The van der Waals surface area contributed by atoms with Crippen LogP contribution in [0.25, 0.3) is 22.4 Å². The summed E-state index contributed by atoms with van der Waals surface area (Å²) in [5, 5.41) is 8.99. The molecule has 3 aromatic rings. The third-order valence-electron chi connectivity index (χ3n) is 5.76.